The lowest BCUT2D eigenvalue weighted by Crippen LogP contribution is -2.22. The van der Waals surface area contributed by atoms with Crippen molar-refractivity contribution in [2.24, 2.45) is 0 Å². The van der Waals surface area contributed by atoms with E-state index in [1.165, 1.54) is 40.3 Å². The molecule has 0 atom stereocenters. The molecule has 4 rings (SSSR count). The van der Waals surface area contributed by atoms with Crippen LogP contribution in [0.5, 0.6) is 0 Å². The lowest BCUT2D eigenvalue weighted by Gasteiger charge is -2.12. The van der Waals surface area contributed by atoms with Gasteiger partial charge in [0.05, 0.1) is 10.6 Å². The van der Waals surface area contributed by atoms with Gasteiger partial charge in [-0.2, -0.15) is 4.98 Å². The van der Waals surface area contributed by atoms with Gasteiger partial charge in [0.2, 0.25) is 0 Å². The molecule has 0 fully saturated rings. The maximum absolute atomic E-state index is 13.4. The zero-order valence-electron chi connectivity index (χ0n) is 18.0. The summed E-state index contributed by atoms with van der Waals surface area (Å²) >= 11 is 1.42. The highest BCUT2D eigenvalue weighted by Gasteiger charge is 2.21. The third-order valence-electron chi connectivity index (χ3n) is 4.94. The van der Waals surface area contributed by atoms with Crippen LogP contribution in [0.15, 0.2) is 60.0 Å². The van der Waals surface area contributed by atoms with Crippen LogP contribution in [0.25, 0.3) is 16.4 Å². The van der Waals surface area contributed by atoms with E-state index in [-0.39, 0.29) is 11.6 Å². The number of aromatic nitrogens is 3. The Balaban J connectivity index is 1.51. The van der Waals surface area contributed by atoms with E-state index in [2.05, 4.69) is 15.4 Å². The predicted octanol–water partition coefficient (Wildman–Crippen LogP) is 4.80. The molecule has 0 aliphatic carbocycles. The molecule has 0 spiro atoms. The van der Waals surface area contributed by atoms with Crippen molar-refractivity contribution in [1.29, 1.82) is 0 Å². The molecule has 2 aromatic carbocycles. The minimum Gasteiger partial charge on any atom is -0.450 e. The van der Waals surface area contributed by atoms with Crippen molar-refractivity contribution < 1.29 is 18.7 Å². The van der Waals surface area contributed by atoms with E-state index in [9.17, 15) is 14.0 Å². The van der Waals surface area contributed by atoms with E-state index in [1.54, 1.807) is 0 Å². The summed E-state index contributed by atoms with van der Waals surface area (Å²) in [5.41, 5.74) is 3.18. The molecule has 0 saturated heterocycles. The second kappa shape index (κ2) is 9.74. The van der Waals surface area contributed by atoms with Crippen LogP contribution in [-0.4, -0.2) is 33.2 Å². The molecule has 0 saturated carbocycles. The molecule has 0 bridgehead atoms. The van der Waals surface area contributed by atoms with E-state index in [0.717, 1.165) is 28.1 Å². The van der Waals surface area contributed by atoms with E-state index in [1.807, 2.05) is 49.6 Å². The number of hydrogen-bond donors (Lipinski definition) is 1. The lowest BCUT2D eigenvalue weighted by molar-refractivity contribution is -0.119. The van der Waals surface area contributed by atoms with Crippen LogP contribution in [0.3, 0.4) is 0 Å². The number of benzene rings is 2. The first-order chi connectivity index (χ1) is 16.0. The molecule has 9 heteroatoms. The summed E-state index contributed by atoms with van der Waals surface area (Å²) in [4.78, 5) is 30.1. The molecule has 2 aromatic heterocycles. The van der Waals surface area contributed by atoms with Crippen molar-refractivity contribution in [2.45, 2.75) is 20.3 Å². The van der Waals surface area contributed by atoms with Crippen LogP contribution < -0.4 is 5.32 Å². The number of ether oxygens (including phenoxy) is 1. The van der Waals surface area contributed by atoms with Crippen LogP contribution in [0.1, 0.15) is 28.7 Å². The topological polar surface area (TPSA) is 86.1 Å². The number of para-hydroxylation sites is 1. The van der Waals surface area contributed by atoms with Gasteiger partial charge in [-0.05, 0) is 60.2 Å². The molecule has 1 N–H and O–H groups in total. The van der Waals surface area contributed by atoms with E-state index < -0.39 is 18.5 Å². The molecule has 4 aromatic rings. The Morgan fingerprint density at radius 1 is 1.12 bits per heavy atom. The molecule has 0 aliphatic rings. The molecule has 7 nitrogen and oxygen atoms in total. The zero-order valence-corrected chi connectivity index (χ0v) is 18.9. The summed E-state index contributed by atoms with van der Waals surface area (Å²) in [6.45, 7) is 3.42. The van der Waals surface area contributed by atoms with Gasteiger partial charge in [-0.1, -0.05) is 31.2 Å². The zero-order chi connectivity index (χ0) is 23.4. The van der Waals surface area contributed by atoms with Gasteiger partial charge in [0.15, 0.2) is 12.4 Å². The fraction of sp³-hybridized carbons (Fsp3) is 0.167. The second-order valence-electron chi connectivity index (χ2n) is 7.21. The molecule has 0 aliphatic heterocycles. The van der Waals surface area contributed by atoms with E-state index in [0.29, 0.717) is 11.5 Å². The average molecular weight is 465 g/mol. The summed E-state index contributed by atoms with van der Waals surface area (Å²) in [6.07, 6.45) is 0.757. The van der Waals surface area contributed by atoms with Crippen LogP contribution in [0, 0.1) is 12.7 Å². The molecule has 0 unspecified atom stereocenters. The Morgan fingerprint density at radius 2 is 1.91 bits per heavy atom. The highest BCUT2D eigenvalue weighted by atomic mass is 32.1. The van der Waals surface area contributed by atoms with Gasteiger partial charge in [0.25, 0.3) is 11.7 Å². The molecular weight excluding hydrogens is 443 g/mol. The first kappa shape index (κ1) is 22.3. The van der Waals surface area contributed by atoms with Gasteiger partial charge < -0.3 is 10.1 Å². The third kappa shape index (κ3) is 4.98. The predicted molar refractivity (Wildman–Crippen MR) is 124 cm³/mol. The maximum atomic E-state index is 13.4. The van der Waals surface area contributed by atoms with Crippen LogP contribution in [0.2, 0.25) is 0 Å². The summed E-state index contributed by atoms with van der Waals surface area (Å²) in [7, 11) is 0. The Kier molecular flexibility index (Phi) is 6.60. The summed E-state index contributed by atoms with van der Waals surface area (Å²) in [6, 6.07) is 15.1. The maximum Gasteiger partial charge on any atom is 0.378 e. The first-order valence-corrected chi connectivity index (χ1v) is 11.2. The number of anilines is 1. The van der Waals surface area contributed by atoms with Crippen molar-refractivity contribution >= 4 is 28.9 Å². The number of thiophene rings is 1. The van der Waals surface area contributed by atoms with Gasteiger partial charge in [-0.3, -0.25) is 4.79 Å². The molecule has 2 heterocycles. The van der Waals surface area contributed by atoms with E-state index in [4.69, 9.17) is 4.74 Å². The minimum absolute atomic E-state index is 0.194. The van der Waals surface area contributed by atoms with Gasteiger partial charge in [-0.25, -0.2) is 13.9 Å². The number of aryl methyl sites for hydroxylation is 2. The van der Waals surface area contributed by atoms with Gasteiger partial charge in [0, 0.05) is 5.69 Å². The first-order valence-electron chi connectivity index (χ1n) is 10.3. The van der Waals surface area contributed by atoms with Crippen molar-refractivity contribution in [3.63, 3.8) is 0 Å². The number of amides is 1. The highest BCUT2D eigenvalue weighted by molar-refractivity contribution is 7.13. The Morgan fingerprint density at radius 3 is 2.61 bits per heavy atom. The smallest absolute Gasteiger partial charge is 0.378 e. The standard InChI is InChI=1S/C24H21FN4O3S/c1-3-16-7-4-6-15(2)21(16)26-20(30)14-32-24(31)22-27-23(19-8-5-13-33-19)29(28-22)18-11-9-17(25)10-12-18/h4-13H,3,14H2,1-2H3,(H,26,30). The van der Waals surface area contributed by atoms with Crippen molar-refractivity contribution in [2.75, 3.05) is 11.9 Å². The van der Waals surface area contributed by atoms with Gasteiger partial charge in [0.1, 0.15) is 5.82 Å². The quantitative estimate of drug-likeness (QED) is 0.397. The molecule has 0 radical (unpaired) electrons. The van der Waals surface area contributed by atoms with Gasteiger partial charge in [-0.15, -0.1) is 16.4 Å². The fourth-order valence-corrected chi connectivity index (χ4v) is 4.00. The third-order valence-corrected chi connectivity index (χ3v) is 5.81. The number of halogens is 1. The van der Waals surface area contributed by atoms with Crippen LogP contribution >= 0.6 is 11.3 Å². The Bertz CT molecular complexity index is 1280. The average Bonchev–Trinajstić information content (AvgIpc) is 3.49. The highest BCUT2D eigenvalue weighted by Crippen LogP contribution is 2.26. The number of esters is 1. The monoisotopic (exact) mass is 464 g/mol. The Hall–Kier alpha value is -3.85. The van der Waals surface area contributed by atoms with E-state index >= 15 is 0 Å². The number of hydrogen-bond acceptors (Lipinski definition) is 6. The van der Waals surface area contributed by atoms with Crippen molar-refractivity contribution in [3.8, 4) is 16.4 Å². The summed E-state index contributed by atoms with van der Waals surface area (Å²) in [5.74, 6) is -1.45. The summed E-state index contributed by atoms with van der Waals surface area (Å²) in [5, 5.41) is 8.94. The fourth-order valence-electron chi connectivity index (χ4n) is 3.30. The van der Waals surface area contributed by atoms with Crippen molar-refractivity contribution in [1.82, 2.24) is 14.8 Å². The van der Waals surface area contributed by atoms with Gasteiger partial charge >= 0.3 is 5.97 Å². The Labute approximate surface area is 193 Å². The molecule has 168 valence electrons. The minimum atomic E-state index is -0.829. The number of rotatable bonds is 7. The molecular formula is C24H21FN4O3S. The van der Waals surface area contributed by atoms with Crippen LogP contribution in [-0.2, 0) is 16.0 Å². The lowest BCUT2D eigenvalue weighted by atomic mass is 10.1. The SMILES string of the molecule is CCc1cccc(C)c1NC(=O)COC(=O)c1nc(-c2cccs2)n(-c2ccc(F)cc2)n1. The number of nitrogens with one attached hydrogen (secondary N) is 1. The molecule has 1 amide bonds. The summed E-state index contributed by atoms with van der Waals surface area (Å²) < 4.78 is 20.0. The molecule has 33 heavy (non-hydrogen) atoms. The largest absolute Gasteiger partial charge is 0.450 e. The van der Waals surface area contributed by atoms with Crippen LogP contribution in [0.4, 0.5) is 10.1 Å². The normalized spacial score (nSPS) is 10.8. The number of carbonyl (C=O) groups excluding carboxylic acids is 2. The van der Waals surface area contributed by atoms with Crippen molar-refractivity contribution in [3.05, 3.63) is 82.7 Å². The number of carbonyl (C=O) groups is 2. The second-order valence-corrected chi connectivity index (χ2v) is 8.16. The number of nitrogens with zero attached hydrogens (tertiary/aromatic N) is 3.